The zero-order valence-electron chi connectivity index (χ0n) is 11.1. The quantitative estimate of drug-likeness (QED) is 0.796. The van der Waals surface area contributed by atoms with Crippen LogP contribution in [0, 0.1) is 15.9 Å². The highest BCUT2D eigenvalue weighted by Gasteiger charge is 2.41. The van der Waals surface area contributed by atoms with Crippen molar-refractivity contribution in [2.75, 3.05) is 6.54 Å². The summed E-state index contributed by atoms with van der Waals surface area (Å²) < 4.78 is 1.06. The van der Waals surface area contributed by atoms with Crippen molar-refractivity contribution in [2.45, 2.75) is 39.5 Å². The number of carbonyl (C=O) groups excluding carboxylic acids is 1. The molecule has 0 unspecified atom stereocenters. The number of halogens is 1. The molecule has 0 atom stereocenters. The Hall–Kier alpha value is -0.580. The summed E-state index contributed by atoms with van der Waals surface area (Å²) in [6, 6.07) is 5.90. The summed E-state index contributed by atoms with van der Waals surface area (Å²) >= 11 is 2.25. The van der Waals surface area contributed by atoms with Crippen LogP contribution < -0.4 is 5.32 Å². The summed E-state index contributed by atoms with van der Waals surface area (Å²) in [7, 11) is 0. The molecule has 2 nitrogen and oxygen atoms in total. The summed E-state index contributed by atoms with van der Waals surface area (Å²) in [5, 5.41) is 3.11. The van der Waals surface area contributed by atoms with Crippen LogP contribution in [-0.2, 0) is 0 Å². The second-order valence-electron chi connectivity index (χ2n) is 5.37. The Balaban J connectivity index is 1.98. The number of amides is 1. The van der Waals surface area contributed by atoms with E-state index in [4.69, 9.17) is 0 Å². The number of carbonyl (C=O) groups is 1. The van der Waals surface area contributed by atoms with E-state index in [1.165, 1.54) is 25.7 Å². The Labute approximate surface area is 123 Å². The summed E-state index contributed by atoms with van der Waals surface area (Å²) in [4.78, 5) is 12.2. The van der Waals surface area contributed by atoms with Gasteiger partial charge in [0, 0.05) is 10.1 Å². The first kappa shape index (κ1) is 13.8. The van der Waals surface area contributed by atoms with Gasteiger partial charge in [-0.2, -0.15) is 0 Å². The predicted octanol–water partition coefficient (Wildman–Crippen LogP) is 3.91. The second-order valence-corrected chi connectivity index (χ2v) is 6.45. The molecule has 0 saturated heterocycles. The van der Waals surface area contributed by atoms with E-state index in [1.54, 1.807) is 0 Å². The lowest BCUT2D eigenvalue weighted by Crippen LogP contribution is -2.30. The van der Waals surface area contributed by atoms with Gasteiger partial charge in [0.25, 0.3) is 5.91 Å². The van der Waals surface area contributed by atoms with Gasteiger partial charge in [-0.15, -0.1) is 0 Å². The van der Waals surface area contributed by atoms with Crippen LogP contribution in [0.4, 0.5) is 0 Å². The number of benzene rings is 1. The van der Waals surface area contributed by atoms with E-state index >= 15 is 0 Å². The number of hydrogen-bond donors (Lipinski definition) is 1. The minimum atomic E-state index is 0.0745. The van der Waals surface area contributed by atoms with Crippen LogP contribution in [0.5, 0.6) is 0 Å². The largest absolute Gasteiger partial charge is 0.351 e. The molecule has 1 aliphatic carbocycles. The standard InChI is InChI=1S/C15H20INO/c1-3-7-15(8-9-15)10-17-14(18)12-6-4-5-11(2)13(12)16/h4-6H,3,7-10H2,1-2H3,(H,17,18). The molecular formula is C15H20INO. The van der Waals surface area contributed by atoms with Gasteiger partial charge in [-0.05, 0) is 65.8 Å². The molecule has 0 spiro atoms. The molecule has 0 heterocycles. The second kappa shape index (κ2) is 5.59. The van der Waals surface area contributed by atoms with Crippen molar-refractivity contribution in [1.29, 1.82) is 0 Å². The first-order valence-corrected chi connectivity index (χ1v) is 7.69. The molecular weight excluding hydrogens is 337 g/mol. The minimum absolute atomic E-state index is 0.0745. The first-order chi connectivity index (χ1) is 8.58. The van der Waals surface area contributed by atoms with Crippen molar-refractivity contribution in [3.05, 3.63) is 32.9 Å². The van der Waals surface area contributed by atoms with Crippen molar-refractivity contribution in [2.24, 2.45) is 5.41 Å². The molecule has 18 heavy (non-hydrogen) atoms. The maximum Gasteiger partial charge on any atom is 0.252 e. The van der Waals surface area contributed by atoms with E-state index < -0.39 is 0 Å². The Morgan fingerprint density at radius 3 is 2.78 bits per heavy atom. The van der Waals surface area contributed by atoms with Crippen LogP contribution in [0.2, 0.25) is 0 Å². The molecule has 1 aliphatic rings. The smallest absolute Gasteiger partial charge is 0.252 e. The van der Waals surface area contributed by atoms with Crippen LogP contribution in [0.25, 0.3) is 0 Å². The highest BCUT2D eigenvalue weighted by atomic mass is 127. The zero-order valence-corrected chi connectivity index (χ0v) is 13.2. The van der Waals surface area contributed by atoms with Gasteiger partial charge in [0.15, 0.2) is 0 Å². The zero-order chi connectivity index (χ0) is 13.2. The van der Waals surface area contributed by atoms with Gasteiger partial charge < -0.3 is 5.32 Å². The highest BCUT2D eigenvalue weighted by molar-refractivity contribution is 14.1. The molecule has 0 bridgehead atoms. The maximum absolute atomic E-state index is 12.2. The minimum Gasteiger partial charge on any atom is -0.351 e. The highest BCUT2D eigenvalue weighted by Crippen LogP contribution is 2.48. The van der Waals surface area contributed by atoms with Gasteiger partial charge in [0.05, 0.1) is 5.56 Å². The van der Waals surface area contributed by atoms with Crippen LogP contribution in [0.15, 0.2) is 18.2 Å². The fourth-order valence-electron chi connectivity index (χ4n) is 2.41. The van der Waals surface area contributed by atoms with Gasteiger partial charge in [-0.3, -0.25) is 4.79 Å². The lowest BCUT2D eigenvalue weighted by atomic mass is 10.0. The van der Waals surface area contributed by atoms with Gasteiger partial charge in [-0.25, -0.2) is 0 Å². The number of nitrogens with one attached hydrogen (secondary N) is 1. The van der Waals surface area contributed by atoms with Crippen molar-refractivity contribution in [3.8, 4) is 0 Å². The molecule has 1 amide bonds. The van der Waals surface area contributed by atoms with E-state index in [-0.39, 0.29) is 5.91 Å². The third-order valence-electron chi connectivity index (χ3n) is 3.80. The average Bonchev–Trinajstić information content (AvgIpc) is 3.11. The third kappa shape index (κ3) is 3.05. The average molecular weight is 357 g/mol. The van der Waals surface area contributed by atoms with Crippen molar-refractivity contribution in [3.63, 3.8) is 0 Å². The molecule has 1 aromatic carbocycles. The van der Waals surface area contributed by atoms with Gasteiger partial charge in [0.2, 0.25) is 0 Å². The number of rotatable bonds is 5. The molecule has 0 aromatic heterocycles. The van der Waals surface area contributed by atoms with Gasteiger partial charge in [0.1, 0.15) is 0 Å². The molecule has 1 N–H and O–H groups in total. The monoisotopic (exact) mass is 357 g/mol. The molecule has 3 heteroatoms. The summed E-state index contributed by atoms with van der Waals surface area (Å²) in [5.41, 5.74) is 2.39. The van der Waals surface area contributed by atoms with Crippen molar-refractivity contribution < 1.29 is 4.79 Å². The third-order valence-corrected chi connectivity index (χ3v) is 5.23. The molecule has 0 aliphatic heterocycles. The van der Waals surface area contributed by atoms with Crippen molar-refractivity contribution in [1.82, 2.24) is 5.32 Å². The Bertz CT molecular complexity index is 452. The molecule has 2 rings (SSSR count). The van der Waals surface area contributed by atoms with Gasteiger partial charge >= 0.3 is 0 Å². The van der Waals surface area contributed by atoms with E-state index in [9.17, 15) is 4.79 Å². The fourth-order valence-corrected chi connectivity index (χ4v) is 3.01. The molecule has 0 radical (unpaired) electrons. The summed E-state index contributed by atoms with van der Waals surface area (Å²) in [5.74, 6) is 0.0745. The normalized spacial score (nSPS) is 16.4. The van der Waals surface area contributed by atoms with Crippen LogP contribution >= 0.6 is 22.6 Å². The van der Waals surface area contributed by atoms with Crippen LogP contribution in [0.3, 0.4) is 0 Å². The number of hydrogen-bond acceptors (Lipinski definition) is 1. The van der Waals surface area contributed by atoms with E-state index in [0.29, 0.717) is 5.41 Å². The molecule has 98 valence electrons. The Morgan fingerprint density at radius 1 is 1.44 bits per heavy atom. The van der Waals surface area contributed by atoms with E-state index in [2.05, 4.69) is 34.8 Å². The Kier molecular flexibility index (Phi) is 4.30. The van der Waals surface area contributed by atoms with Crippen molar-refractivity contribution >= 4 is 28.5 Å². The summed E-state index contributed by atoms with van der Waals surface area (Å²) in [6.07, 6.45) is 4.98. The maximum atomic E-state index is 12.2. The molecule has 1 saturated carbocycles. The molecule has 1 aromatic rings. The Morgan fingerprint density at radius 2 is 2.17 bits per heavy atom. The SMILES string of the molecule is CCCC1(CNC(=O)c2cccc(C)c2I)CC1. The topological polar surface area (TPSA) is 29.1 Å². The lowest BCUT2D eigenvalue weighted by molar-refractivity contribution is 0.0942. The van der Waals surface area contributed by atoms with Crippen LogP contribution in [-0.4, -0.2) is 12.5 Å². The molecule has 1 fully saturated rings. The van der Waals surface area contributed by atoms with E-state index in [1.807, 2.05) is 25.1 Å². The predicted molar refractivity (Wildman–Crippen MR) is 82.8 cm³/mol. The first-order valence-electron chi connectivity index (χ1n) is 6.61. The fraction of sp³-hybridized carbons (Fsp3) is 0.533. The number of aryl methyl sites for hydroxylation is 1. The summed E-state index contributed by atoms with van der Waals surface area (Å²) in [6.45, 7) is 5.09. The van der Waals surface area contributed by atoms with Crippen LogP contribution in [0.1, 0.15) is 48.5 Å². The lowest BCUT2D eigenvalue weighted by Gasteiger charge is -2.15. The van der Waals surface area contributed by atoms with E-state index in [0.717, 1.165) is 21.2 Å². The van der Waals surface area contributed by atoms with Gasteiger partial charge in [-0.1, -0.05) is 25.5 Å².